The second-order valence-electron chi connectivity index (χ2n) is 19.3. The number of aromatic nitrogens is 3. The maximum atomic E-state index is 14.4. The molecule has 2 N–H and O–H groups in total. The first-order valence-electron chi connectivity index (χ1n) is 26.0. The maximum absolute atomic E-state index is 14.4. The minimum atomic E-state index is -0.590. The van der Waals surface area contributed by atoms with E-state index < -0.39 is 12.1 Å². The number of piperidine rings is 1. The Morgan fingerprint density at radius 1 is 0.863 bits per heavy atom. The van der Waals surface area contributed by atoms with Gasteiger partial charge < -0.3 is 58.1 Å². The molecular weight excluding hydrogens is 955 g/mol. The zero-order valence-electron chi connectivity index (χ0n) is 42.9. The molecule has 396 valence electrons. The normalized spacial score (nSPS) is 17.0. The van der Waals surface area contributed by atoms with Crippen LogP contribution in [0, 0.1) is 12.8 Å². The predicted octanol–water partition coefficient (Wildman–Crippen LogP) is 5.14. The van der Waals surface area contributed by atoms with Gasteiger partial charge in [0.25, 0.3) is 11.8 Å². The number of likely N-dealkylation sites (N-methyl/N-ethyl adjacent to an activating group) is 2. The van der Waals surface area contributed by atoms with Crippen molar-refractivity contribution in [3.63, 3.8) is 0 Å². The number of nitrogens with one attached hydrogen (secondary N) is 2. The lowest BCUT2D eigenvalue weighted by Gasteiger charge is -2.39. The molecule has 6 heterocycles. The van der Waals surface area contributed by atoms with Gasteiger partial charge in [-0.3, -0.25) is 29.1 Å². The number of aryl methyl sites for hydroxylation is 1. The number of ether oxygens (including phenoxy) is 5. The molecule has 1 aliphatic carbocycles. The quantitative estimate of drug-likeness (QED) is 0.0730. The Hall–Kier alpha value is -5.64. The van der Waals surface area contributed by atoms with Crippen LogP contribution < -0.4 is 20.1 Å². The number of thiophene rings is 1. The number of likely N-dealkylation sites (tertiary alicyclic amines) is 1. The third kappa shape index (κ3) is 14.2. The zero-order chi connectivity index (χ0) is 51.1. The number of fused-ring (bicyclic) bond motifs is 2. The highest BCUT2D eigenvalue weighted by molar-refractivity contribution is 7.17. The Labute approximate surface area is 431 Å². The van der Waals surface area contributed by atoms with Crippen molar-refractivity contribution in [1.29, 1.82) is 0 Å². The van der Waals surface area contributed by atoms with Crippen molar-refractivity contribution in [3.05, 3.63) is 71.1 Å². The van der Waals surface area contributed by atoms with Crippen LogP contribution in [0.15, 0.2) is 58.6 Å². The molecule has 2 saturated heterocycles. The average molecular weight is 1030 g/mol. The highest BCUT2D eigenvalue weighted by Gasteiger charge is 2.37. The predicted molar refractivity (Wildman–Crippen MR) is 277 cm³/mol. The topological polar surface area (TPSA) is 195 Å². The highest BCUT2D eigenvalue weighted by atomic mass is 32.1. The lowest BCUT2D eigenvalue weighted by atomic mass is 9.83. The molecule has 0 spiro atoms. The molecule has 4 amide bonds. The second-order valence-corrected chi connectivity index (χ2v) is 20.2. The number of nitrogens with zero attached hydrogens (tertiary/aromatic N) is 7. The van der Waals surface area contributed by atoms with Gasteiger partial charge in [-0.15, -0.1) is 11.3 Å². The first-order chi connectivity index (χ1) is 35.6. The number of carbonyl (C=O) groups excluding carboxylic acids is 4. The molecule has 1 saturated carbocycles. The van der Waals surface area contributed by atoms with Crippen LogP contribution in [-0.4, -0.2) is 182 Å². The summed E-state index contributed by atoms with van der Waals surface area (Å²) in [6, 6.07) is 12.5. The first-order valence-corrected chi connectivity index (χ1v) is 26.9. The van der Waals surface area contributed by atoms with Crippen LogP contribution in [0.5, 0.6) is 11.6 Å². The van der Waals surface area contributed by atoms with Crippen LogP contribution in [0.1, 0.15) is 73.7 Å². The fourth-order valence-electron chi connectivity index (χ4n) is 9.94. The second kappa shape index (κ2) is 26.5. The molecule has 73 heavy (non-hydrogen) atoms. The summed E-state index contributed by atoms with van der Waals surface area (Å²) in [5, 5.41) is 13.0. The van der Waals surface area contributed by atoms with E-state index in [0.29, 0.717) is 97.1 Å². The van der Waals surface area contributed by atoms with E-state index in [1.54, 1.807) is 53.3 Å². The summed E-state index contributed by atoms with van der Waals surface area (Å²) >= 11 is 1.66. The number of pyridine rings is 1. The summed E-state index contributed by atoms with van der Waals surface area (Å²) in [6.45, 7) is 10.5. The third-order valence-electron chi connectivity index (χ3n) is 14.4. The summed E-state index contributed by atoms with van der Waals surface area (Å²) in [7, 11) is 3.46. The van der Waals surface area contributed by atoms with Crippen molar-refractivity contribution in [2.24, 2.45) is 5.92 Å². The van der Waals surface area contributed by atoms with Crippen molar-refractivity contribution in [2.75, 3.05) is 106 Å². The Balaban J connectivity index is 0.691. The number of rotatable bonds is 25. The Morgan fingerprint density at radius 2 is 1.56 bits per heavy atom. The molecule has 2 atom stereocenters. The van der Waals surface area contributed by atoms with Gasteiger partial charge >= 0.3 is 0 Å². The van der Waals surface area contributed by atoms with E-state index in [2.05, 4.69) is 25.7 Å². The number of para-hydroxylation sites is 1. The van der Waals surface area contributed by atoms with Crippen LogP contribution in [0.4, 0.5) is 0 Å². The summed E-state index contributed by atoms with van der Waals surface area (Å²) in [5.74, 6) is 1.59. The molecule has 3 aliphatic rings. The highest BCUT2D eigenvalue weighted by Crippen LogP contribution is 2.32. The Kier molecular flexibility index (Phi) is 19.5. The lowest BCUT2D eigenvalue weighted by molar-refractivity contribution is -0.140. The molecule has 0 radical (unpaired) electrons. The molecular formula is C53H73N9O10S. The van der Waals surface area contributed by atoms with Crippen LogP contribution in [0.2, 0.25) is 0 Å². The third-order valence-corrected chi connectivity index (χ3v) is 15.3. The monoisotopic (exact) mass is 1030 g/mol. The van der Waals surface area contributed by atoms with Gasteiger partial charge in [0.2, 0.25) is 17.7 Å². The Bertz CT molecular complexity index is 2580. The molecule has 20 heteroatoms. The molecule has 0 unspecified atom stereocenters. The maximum Gasteiger partial charge on any atom is 0.270 e. The van der Waals surface area contributed by atoms with Crippen molar-refractivity contribution < 1.29 is 47.4 Å². The van der Waals surface area contributed by atoms with E-state index in [4.69, 9.17) is 28.2 Å². The van der Waals surface area contributed by atoms with Gasteiger partial charge in [-0.1, -0.05) is 37.5 Å². The number of piperazine rings is 1. The summed E-state index contributed by atoms with van der Waals surface area (Å²) in [6.07, 6.45) is 8.86. The molecule has 0 bridgehead atoms. The fraction of sp³-hybridized carbons (Fsp3) is 0.585. The molecule has 2 aliphatic heterocycles. The van der Waals surface area contributed by atoms with Crippen molar-refractivity contribution in [2.45, 2.75) is 90.1 Å². The largest absolute Gasteiger partial charge is 0.489 e. The van der Waals surface area contributed by atoms with E-state index in [-0.39, 0.29) is 42.2 Å². The van der Waals surface area contributed by atoms with Gasteiger partial charge in [0.1, 0.15) is 36.7 Å². The van der Waals surface area contributed by atoms with Gasteiger partial charge in [0, 0.05) is 76.0 Å². The number of hydrogen-bond donors (Lipinski definition) is 2. The van der Waals surface area contributed by atoms with Crippen molar-refractivity contribution in [3.8, 4) is 11.6 Å². The number of hydrogen-bond acceptors (Lipinski definition) is 15. The number of amides is 4. The fourth-order valence-corrected chi connectivity index (χ4v) is 10.8. The molecule has 4 aromatic heterocycles. The van der Waals surface area contributed by atoms with Crippen LogP contribution in [0.25, 0.3) is 21.1 Å². The van der Waals surface area contributed by atoms with Crippen LogP contribution >= 0.6 is 11.3 Å². The summed E-state index contributed by atoms with van der Waals surface area (Å²) in [4.78, 5) is 67.0. The minimum absolute atomic E-state index is 0.0182. The zero-order valence-corrected chi connectivity index (χ0v) is 43.7. The van der Waals surface area contributed by atoms with Crippen molar-refractivity contribution >= 4 is 56.1 Å². The molecule has 1 aromatic carbocycles. The van der Waals surface area contributed by atoms with E-state index in [0.717, 1.165) is 96.2 Å². The van der Waals surface area contributed by atoms with Crippen LogP contribution in [0.3, 0.4) is 0 Å². The van der Waals surface area contributed by atoms with Gasteiger partial charge in [-0.05, 0) is 86.8 Å². The summed E-state index contributed by atoms with van der Waals surface area (Å²) < 4.78 is 37.7. The molecule has 3 fully saturated rings. The van der Waals surface area contributed by atoms with Gasteiger partial charge in [0.15, 0.2) is 5.76 Å². The molecule has 8 rings (SSSR count). The number of benzene rings is 1. The smallest absolute Gasteiger partial charge is 0.270 e. The van der Waals surface area contributed by atoms with Crippen molar-refractivity contribution in [1.82, 2.24) is 44.9 Å². The lowest BCUT2D eigenvalue weighted by Crippen LogP contribution is -2.59. The Morgan fingerprint density at radius 3 is 2.30 bits per heavy atom. The standard InChI is InChI=1S/C53H73N9O10S/c1-37-42-12-8-9-13-44(42)62(49(37)53(66)61-23-21-60(22-24-61)52(65)48(39-10-6-5-7-11-39)56-51(64)38(2)54-3)36-47(63)58(4)25-26-67-27-28-68-29-30-69-31-32-70-46-34-41(72-57-46)35-59-19-15-40(16-20-59)71-45-14-18-55-43-17-33-73-50(43)45/h8-9,12-14,17-18,33-34,38-40,48,54H,5-7,10-11,15-16,19-32,35-36H2,1-4H3,(H,56,64)/t38-,48-/m0/s1. The SMILES string of the molecule is CN[C@@H](C)C(=O)N[C@H](C(=O)N1CCN(C(=O)c2c(C)c3ccccc3n2CC(=O)N(C)CCOCCOCCOCCOc2cc(CN3CCC(Oc4ccnc5ccsc45)CC3)on2)CC1)C1CCCCC1. The van der Waals surface area contributed by atoms with Gasteiger partial charge in [-0.25, -0.2) is 0 Å². The van der Waals surface area contributed by atoms with E-state index >= 15 is 0 Å². The van der Waals surface area contributed by atoms with E-state index in [9.17, 15) is 19.2 Å². The van der Waals surface area contributed by atoms with Gasteiger partial charge in [0.05, 0.1) is 62.4 Å². The summed E-state index contributed by atoms with van der Waals surface area (Å²) in [5.41, 5.74) is 3.06. The molecule has 19 nitrogen and oxygen atoms in total. The number of carbonyl (C=O) groups is 4. The average Bonchev–Trinajstić information content (AvgIpc) is 4.16. The first kappa shape index (κ1) is 53.6. The molecule has 5 aromatic rings. The van der Waals surface area contributed by atoms with Crippen LogP contribution in [-0.2, 0) is 41.7 Å². The van der Waals surface area contributed by atoms with Gasteiger partial charge in [-0.2, -0.15) is 0 Å². The minimum Gasteiger partial charge on any atom is -0.489 e. The van der Waals surface area contributed by atoms with E-state index in [1.807, 2.05) is 59.3 Å². The van der Waals surface area contributed by atoms with E-state index in [1.165, 1.54) is 0 Å².